The molecule has 1 aromatic heterocycles. The standard InChI is InChI=1S/C21H18N2O2/c1-23(13-15-7-3-5-9-20(15)24)21(25)19-12-17-16-8-4-2-6-14(16)10-11-18(17)22-19/h2-12,22,24H,13H2,1H3. The van der Waals surface area contributed by atoms with Crippen molar-refractivity contribution in [2.75, 3.05) is 7.05 Å². The van der Waals surface area contributed by atoms with Gasteiger partial charge in [-0.3, -0.25) is 4.79 Å². The predicted octanol–water partition coefficient (Wildman–Crippen LogP) is 4.30. The van der Waals surface area contributed by atoms with Gasteiger partial charge in [-0.05, 0) is 29.0 Å². The summed E-state index contributed by atoms with van der Waals surface area (Å²) in [6.07, 6.45) is 0. The van der Waals surface area contributed by atoms with Gasteiger partial charge in [0.2, 0.25) is 0 Å². The van der Waals surface area contributed by atoms with Gasteiger partial charge in [-0.1, -0.05) is 48.5 Å². The van der Waals surface area contributed by atoms with E-state index in [1.807, 2.05) is 42.5 Å². The normalized spacial score (nSPS) is 11.1. The van der Waals surface area contributed by atoms with E-state index in [1.165, 1.54) is 0 Å². The van der Waals surface area contributed by atoms with Gasteiger partial charge in [0.15, 0.2) is 0 Å². The summed E-state index contributed by atoms with van der Waals surface area (Å²) in [4.78, 5) is 17.6. The summed E-state index contributed by atoms with van der Waals surface area (Å²) >= 11 is 0. The lowest BCUT2D eigenvalue weighted by atomic mass is 10.1. The topological polar surface area (TPSA) is 56.3 Å². The Balaban J connectivity index is 1.68. The van der Waals surface area contributed by atoms with Crippen molar-refractivity contribution in [3.05, 3.63) is 78.0 Å². The predicted molar refractivity (Wildman–Crippen MR) is 99.7 cm³/mol. The number of H-pyrrole nitrogens is 1. The van der Waals surface area contributed by atoms with Gasteiger partial charge in [0.1, 0.15) is 11.4 Å². The number of hydrogen-bond donors (Lipinski definition) is 2. The molecule has 4 nitrogen and oxygen atoms in total. The zero-order valence-electron chi connectivity index (χ0n) is 13.9. The highest BCUT2D eigenvalue weighted by Gasteiger charge is 2.16. The zero-order chi connectivity index (χ0) is 17.4. The number of nitrogens with one attached hydrogen (secondary N) is 1. The average molecular weight is 330 g/mol. The van der Waals surface area contributed by atoms with E-state index in [2.05, 4.69) is 17.1 Å². The van der Waals surface area contributed by atoms with Crippen molar-refractivity contribution in [1.29, 1.82) is 0 Å². The molecule has 124 valence electrons. The van der Waals surface area contributed by atoms with Gasteiger partial charge in [0.05, 0.1) is 0 Å². The fourth-order valence-electron chi connectivity index (χ4n) is 3.18. The van der Waals surface area contributed by atoms with Crippen molar-refractivity contribution in [1.82, 2.24) is 9.88 Å². The maximum absolute atomic E-state index is 12.8. The quantitative estimate of drug-likeness (QED) is 0.588. The van der Waals surface area contributed by atoms with Crippen LogP contribution in [0.5, 0.6) is 5.75 Å². The Kier molecular flexibility index (Phi) is 3.65. The number of carbonyl (C=O) groups excluding carboxylic acids is 1. The van der Waals surface area contributed by atoms with Crippen molar-refractivity contribution in [2.24, 2.45) is 0 Å². The number of amides is 1. The minimum absolute atomic E-state index is 0.108. The lowest BCUT2D eigenvalue weighted by Gasteiger charge is -2.17. The van der Waals surface area contributed by atoms with Crippen molar-refractivity contribution < 1.29 is 9.90 Å². The molecule has 25 heavy (non-hydrogen) atoms. The molecule has 0 saturated heterocycles. The molecule has 3 aromatic carbocycles. The van der Waals surface area contributed by atoms with Gasteiger partial charge in [-0.15, -0.1) is 0 Å². The molecule has 0 aliphatic rings. The second-order valence-electron chi connectivity index (χ2n) is 6.22. The number of para-hydroxylation sites is 1. The summed E-state index contributed by atoms with van der Waals surface area (Å²) in [6, 6.07) is 21.1. The van der Waals surface area contributed by atoms with Crippen LogP contribution in [0.1, 0.15) is 16.1 Å². The third-order valence-corrected chi connectivity index (χ3v) is 4.50. The Morgan fingerprint density at radius 3 is 2.60 bits per heavy atom. The van der Waals surface area contributed by atoms with Gasteiger partial charge in [-0.25, -0.2) is 0 Å². The van der Waals surface area contributed by atoms with Crippen LogP contribution in [-0.2, 0) is 6.54 Å². The third-order valence-electron chi connectivity index (χ3n) is 4.50. The summed E-state index contributed by atoms with van der Waals surface area (Å²) < 4.78 is 0. The molecule has 4 heteroatoms. The van der Waals surface area contributed by atoms with Gasteiger partial charge in [0, 0.05) is 30.1 Å². The number of fused-ring (bicyclic) bond motifs is 3. The number of phenolic OH excluding ortho intramolecular Hbond substituents is 1. The Hall–Kier alpha value is -3.27. The number of carbonyl (C=O) groups is 1. The lowest BCUT2D eigenvalue weighted by molar-refractivity contribution is 0.0779. The number of aromatic nitrogens is 1. The molecule has 4 aromatic rings. The molecule has 0 bridgehead atoms. The summed E-state index contributed by atoms with van der Waals surface area (Å²) in [5.41, 5.74) is 2.21. The molecule has 0 spiro atoms. The number of phenols is 1. The number of aromatic amines is 1. The second-order valence-corrected chi connectivity index (χ2v) is 6.22. The monoisotopic (exact) mass is 330 g/mol. The van der Waals surface area contributed by atoms with Crippen LogP contribution in [0.15, 0.2) is 66.7 Å². The zero-order valence-corrected chi connectivity index (χ0v) is 13.9. The molecule has 0 saturated carbocycles. The van der Waals surface area contributed by atoms with Crippen LogP contribution in [-0.4, -0.2) is 27.9 Å². The van der Waals surface area contributed by atoms with Crippen LogP contribution in [0, 0.1) is 0 Å². The first kappa shape index (κ1) is 15.3. The molecular weight excluding hydrogens is 312 g/mol. The maximum Gasteiger partial charge on any atom is 0.270 e. The smallest absolute Gasteiger partial charge is 0.270 e. The first-order valence-electron chi connectivity index (χ1n) is 8.16. The minimum atomic E-state index is -0.108. The third kappa shape index (κ3) is 2.72. The molecule has 1 amide bonds. The van der Waals surface area contributed by atoms with Crippen LogP contribution in [0.25, 0.3) is 21.7 Å². The maximum atomic E-state index is 12.8. The van der Waals surface area contributed by atoms with Crippen LogP contribution in [0.3, 0.4) is 0 Å². The Morgan fingerprint density at radius 1 is 1.00 bits per heavy atom. The fraction of sp³-hybridized carbons (Fsp3) is 0.0952. The molecule has 0 aliphatic heterocycles. The number of rotatable bonds is 3. The van der Waals surface area contributed by atoms with Crippen molar-refractivity contribution in [2.45, 2.75) is 6.54 Å². The SMILES string of the molecule is CN(Cc1ccccc1O)C(=O)c1cc2c(ccc3ccccc32)[nH]1. The van der Waals surface area contributed by atoms with Crippen LogP contribution in [0.2, 0.25) is 0 Å². The van der Waals surface area contributed by atoms with Crippen molar-refractivity contribution in [3.8, 4) is 5.75 Å². The van der Waals surface area contributed by atoms with Crippen molar-refractivity contribution in [3.63, 3.8) is 0 Å². The molecule has 2 N–H and O–H groups in total. The Morgan fingerprint density at radius 2 is 1.76 bits per heavy atom. The van der Waals surface area contributed by atoms with E-state index < -0.39 is 0 Å². The molecule has 0 aliphatic carbocycles. The van der Waals surface area contributed by atoms with Crippen LogP contribution >= 0.6 is 0 Å². The largest absolute Gasteiger partial charge is 0.508 e. The minimum Gasteiger partial charge on any atom is -0.508 e. The molecule has 0 radical (unpaired) electrons. The number of benzene rings is 3. The molecule has 0 fully saturated rings. The van der Waals surface area contributed by atoms with Crippen LogP contribution < -0.4 is 0 Å². The summed E-state index contributed by atoms with van der Waals surface area (Å²) in [7, 11) is 1.73. The average Bonchev–Trinajstić information content (AvgIpc) is 3.07. The molecule has 1 heterocycles. The van der Waals surface area contributed by atoms with Gasteiger partial charge < -0.3 is 15.0 Å². The van der Waals surface area contributed by atoms with Gasteiger partial charge >= 0.3 is 0 Å². The number of nitrogens with zero attached hydrogens (tertiary/aromatic N) is 1. The summed E-state index contributed by atoms with van der Waals surface area (Å²) in [5, 5.41) is 13.2. The first-order valence-corrected chi connectivity index (χ1v) is 8.16. The Bertz CT molecular complexity index is 1080. The summed E-state index contributed by atoms with van der Waals surface area (Å²) in [5.74, 6) is 0.0910. The molecule has 0 atom stereocenters. The van der Waals surface area contributed by atoms with E-state index >= 15 is 0 Å². The van der Waals surface area contributed by atoms with Gasteiger partial charge in [0.25, 0.3) is 5.91 Å². The molecule has 4 rings (SSSR count). The van der Waals surface area contributed by atoms with E-state index in [9.17, 15) is 9.90 Å². The van der Waals surface area contributed by atoms with E-state index in [0.29, 0.717) is 12.2 Å². The number of aromatic hydroxyl groups is 1. The second kappa shape index (κ2) is 5.98. The highest BCUT2D eigenvalue weighted by atomic mass is 16.3. The van der Waals surface area contributed by atoms with E-state index in [4.69, 9.17) is 0 Å². The lowest BCUT2D eigenvalue weighted by Crippen LogP contribution is -2.26. The van der Waals surface area contributed by atoms with E-state index in [-0.39, 0.29) is 11.7 Å². The van der Waals surface area contributed by atoms with E-state index in [0.717, 1.165) is 27.2 Å². The highest BCUT2D eigenvalue weighted by molar-refractivity contribution is 6.09. The molecule has 0 unspecified atom stereocenters. The fourth-order valence-corrected chi connectivity index (χ4v) is 3.18. The number of hydrogen-bond acceptors (Lipinski definition) is 2. The molecular formula is C21H18N2O2. The first-order chi connectivity index (χ1) is 12.1. The highest BCUT2D eigenvalue weighted by Crippen LogP contribution is 2.26. The van der Waals surface area contributed by atoms with Crippen molar-refractivity contribution >= 4 is 27.6 Å². The Labute approximate surface area is 145 Å². The van der Waals surface area contributed by atoms with Gasteiger partial charge in [-0.2, -0.15) is 0 Å². The summed E-state index contributed by atoms with van der Waals surface area (Å²) in [6.45, 7) is 0.349. The van der Waals surface area contributed by atoms with Crippen LogP contribution in [0.4, 0.5) is 0 Å². The van der Waals surface area contributed by atoms with E-state index in [1.54, 1.807) is 24.1 Å².